The minimum atomic E-state index is -0.270. The van der Waals surface area contributed by atoms with Crippen molar-refractivity contribution in [1.82, 2.24) is 24.5 Å². The van der Waals surface area contributed by atoms with Gasteiger partial charge >= 0.3 is 0 Å². The molecule has 7 nitrogen and oxygen atoms in total. The highest BCUT2D eigenvalue weighted by molar-refractivity contribution is 7.20. The Balaban J connectivity index is 1.56. The number of fused-ring (bicyclic) bond motifs is 1. The molecule has 0 radical (unpaired) electrons. The Morgan fingerprint density at radius 3 is 2.46 bits per heavy atom. The van der Waals surface area contributed by atoms with Gasteiger partial charge in [0.2, 0.25) is 5.95 Å². The van der Waals surface area contributed by atoms with E-state index in [0.29, 0.717) is 16.6 Å². The lowest BCUT2D eigenvalue weighted by Crippen LogP contribution is -2.13. The standard InChI is InChI=1S/C18H16N6OS/c1-10-11(2)24(12(3)21-10)18-19-8-13(9-20-18)22-16(25)17-23-14-6-4-5-7-15(14)26-17/h4-9H,1-3H3,(H,22,25). The minimum absolute atomic E-state index is 0.270. The van der Waals surface area contributed by atoms with Crippen molar-refractivity contribution in [3.8, 4) is 5.95 Å². The SMILES string of the molecule is Cc1nc(C)n(-c2ncc(NC(=O)c3nc4ccccc4s3)cn2)c1C. The second-order valence-electron chi connectivity index (χ2n) is 5.88. The summed E-state index contributed by atoms with van der Waals surface area (Å²) >= 11 is 1.35. The van der Waals surface area contributed by atoms with E-state index in [9.17, 15) is 4.79 Å². The number of carbonyl (C=O) groups is 1. The average molecular weight is 364 g/mol. The summed E-state index contributed by atoms with van der Waals surface area (Å²) in [5.74, 6) is 1.08. The van der Waals surface area contributed by atoms with E-state index in [2.05, 4.69) is 25.3 Å². The number of anilines is 1. The number of nitrogens with one attached hydrogen (secondary N) is 1. The van der Waals surface area contributed by atoms with Crippen LogP contribution in [0.1, 0.15) is 27.0 Å². The van der Waals surface area contributed by atoms with Crippen LogP contribution < -0.4 is 5.32 Å². The molecule has 3 aromatic heterocycles. The van der Waals surface area contributed by atoms with Gasteiger partial charge in [0.1, 0.15) is 5.82 Å². The van der Waals surface area contributed by atoms with Gasteiger partial charge in [-0.25, -0.2) is 19.9 Å². The minimum Gasteiger partial charge on any atom is -0.317 e. The fraction of sp³-hybridized carbons (Fsp3) is 0.167. The van der Waals surface area contributed by atoms with E-state index in [1.54, 1.807) is 12.4 Å². The third-order valence-corrected chi connectivity index (χ3v) is 5.13. The van der Waals surface area contributed by atoms with Gasteiger partial charge in [-0.3, -0.25) is 9.36 Å². The van der Waals surface area contributed by atoms with Crippen LogP contribution in [0, 0.1) is 20.8 Å². The summed E-state index contributed by atoms with van der Waals surface area (Å²) in [7, 11) is 0. The van der Waals surface area contributed by atoms with E-state index >= 15 is 0 Å². The zero-order valence-electron chi connectivity index (χ0n) is 14.5. The van der Waals surface area contributed by atoms with Crippen molar-refractivity contribution in [2.45, 2.75) is 20.8 Å². The summed E-state index contributed by atoms with van der Waals surface area (Å²) in [6.07, 6.45) is 3.17. The lowest BCUT2D eigenvalue weighted by molar-refractivity contribution is 0.102. The second kappa shape index (κ2) is 6.30. The Morgan fingerprint density at radius 1 is 1.08 bits per heavy atom. The molecule has 1 aromatic carbocycles. The maximum atomic E-state index is 12.4. The van der Waals surface area contributed by atoms with Gasteiger partial charge in [-0.05, 0) is 32.9 Å². The van der Waals surface area contributed by atoms with Crippen molar-refractivity contribution < 1.29 is 4.79 Å². The number of amides is 1. The van der Waals surface area contributed by atoms with Crippen LogP contribution in [0.2, 0.25) is 0 Å². The first-order valence-electron chi connectivity index (χ1n) is 8.05. The molecule has 0 saturated heterocycles. The number of imidazole rings is 1. The number of rotatable bonds is 3. The van der Waals surface area contributed by atoms with E-state index in [-0.39, 0.29) is 5.91 Å². The van der Waals surface area contributed by atoms with E-state index in [1.165, 1.54) is 11.3 Å². The highest BCUT2D eigenvalue weighted by Gasteiger charge is 2.14. The maximum absolute atomic E-state index is 12.4. The summed E-state index contributed by atoms with van der Waals surface area (Å²) in [6, 6.07) is 7.66. The van der Waals surface area contributed by atoms with E-state index in [4.69, 9.17) is 0 Å². The number of carbonyl (C=O) groups excluding carboxylic acids is 1. The highest BCUT2D eigenvalue weighted by atomic mass is 32.1. The quantitative estimate of drug-likeness (QED) is 0.602. The molecule has 0 bridgehead atoms. The molecule has 130 valence electrons. The number of aromatic nitrogens is 5. The van der Waals surface area contributed by atoms with E-state index in [0.717, 1.165) is 27.4 Å². The fourth-order valence-electron chi connectivity index (χ4n) is 2.73. The first kappa shape index (κ1) is 16.3. The van der Waals surface area contributed by atoms with E-state index in [1.807, 2.05) is 49.6 Å². The van der Waals surface area contributed by atoms with Crippen molar-refractivity contribution in [2.75, 3.05) is 5.32 Å². The first-order valence-corrected chi connectivity index (χ1v) is 8.86. The van der Waals surface area contributed by atoms with Crippen molar-refractivity contribution in [2.24, 2.45) is 0 Å². The first-order chi connectivity index (χ1) is 12.5. The lowest BCUT2D eigenvalue weighted by atomic mass is 10.3. The van der Waals surface area contributed by atoms with Gasteiger partial charge in [0.25, 0.3) is 5.91 Å². The average Bonchev–Trinajstić information content (AvgIpc) is 3.17. The smallest absolute Gasteiger partial charge is 0.284 e. The summed E-state index contributed by atoms with van der Waals surface area (Å²) in [5, 5.41) is 3.20. The molecule has 3 heterocycles. The van der Waals surface area contributed by atoms with Crippen molar-refractivity contribution in [3.05, 3.63) is 58.9 Å². The van der Waals surface area contributed by atoms with Crippen LogP contribution in [0.4, 0.5) is 5.69 Å². The molecular weight excluding hydrogens is 348 g/mol. The van der Waals surface area contributed by atoms with Gasteiger partial charge < -0.3 is 5.32 Å². The lowest BCUT2D eigenvalue weighted by Gasteiger charge is -2.07. The number of hydrogen-bond acceptors (Lipinski definition) is 6. The Labute approximate surface area is 153 Å². The van der Waals surface area contributed by atoms with Gasteiger partial charge in [-0.1, -0.05) is 12.1 Å². The third-order valence-electron chi connectivity index (χ3n) is 4.10. The molecule has 1 N–H and O–H groups in total. The number of para-hydroxylation sites is 1. The Kier molecular flexibility index (Phi) is 3.96. The normalized spacial score (nSPS) is 11.0. The molecule has 0 aliphatic rings. The zero-order chi connectivity index (χ0) is 18.3. The molecule has 0 aliphatic heterocycles. The van der Waals surface area contributed by atoms with Gasteiger partial charge in [0.15, 0.2) is 5.01 Å². The molecule has 0 saturated carbocycles. The molecular formula is C18H16N6OS. The Morgan fingerprint density at radius 2 is 1.81 bits per heavy atom. The highest BCUT2D eigenvalue weighted by Crippen LogP contribution is 2.22. The second-order valence-corrected chi connectivity index (χ2v) is 6.91. The van der Waals surface area contributed by atoms with Crippen molar-refractivity contribution >= 4 is 33.1 Å². The summed E-state index contributed by atoms with van der Waals surface area (Å²) < 4.78 is 2.86. The molecule has 0 fully saturated rings. The molecule has 0 aliphatic carbocycles. The number of thiazole rings is 1. The van der Waals surface area contributed by atoms with E-state index < -0.39 is 0 Å². The summed E-state index contributed by atoms with van der Waals surface area (Å²) in [6.45, 7) is 5.83. The number of benzene rings is 1. The predicted molar refractivity (Wildman–Crippen MR) is 101 cm³/mol. The molecule has 26 heavy (non-hydrogen) atoms. The maximum Gasteiger partial charge on any atom is 0.284 e. The third kappa shape index (κ3) is 2.84. The summed E-state index contributed by atoms with van der Waals surface area (Å²) in [5.41, 5.74) is 3.27. The molecule has 0 unspecified atom stereocenters. The van der Waals surface area contributed by atoms with Gasteiger partial charge in [-0.2, -0.15) is 0 Å². The van der Waals surface area contributed by atoms with Crippen LogP contribution in [0.5, 0.6) is 0 Å². The van der Waals surface area contributed by atoms with Crippen molar-refractivity contribution in [1.29, 1.82) is 0 Å². The fourth-order valence-corrected chi connectivity index (χ4v) is 3.59. The Hall–Kier alpha value is -3.13. The van der Waals surface area contributed by atoms with Crippen LogP contribution in [-0.4, -0.2) is 30.4 Å². The van der Waals surface area contributed by atoms with Gasteiger partial charge in [0.05, 0.1) is 34.0 Å². The van der Waals surface area contributed by atoms with Gasteiger partial charge in [0, 0.05) is 5.69 Å². The molecule has 1 amide bonds. The molecule has 8 heteroatoms. The monoisotopic (exact) mass is 364 g/mol. The largest absolute Gasteiger partial charge is 0.317 e. The number of hydrogen-bond donors (Lipinski definition) is 1. The topological polar surface area (TPSA) is 85.6 Å². The number of nitrogens with zero attached hydrogens (tertiary/aromatic N) is 5. The van der Waals surface area contributed by atoms with Gasteiger partial charge in [-0.15, -0.1) is 11.3 Å². The number of aryl methyl sites for hydroxylation is 2. The Bertz CT molecular complexity index is 1080. The van der Waals surface area contributed by atoms with Crippen LogP contribution >= 0.6 is 11.3 Å². The van der Waals surface area contributed by atoms with Crippen LogP contribution in [-0.2, 0) is 0 Å². The van der Waals surface area contributed by atoms with Crippen LogP contribution in [0.3, 0.4) is 0 Å². The molecule has 4 rings (SSSR count). The molecule has 4 aromatic rings. The molecule has 0 atom stereocenters. The summed E-state index contributed by atoms with van der Waals surface area (Å²) in [4.78, 5) is 29.9. The zero-order valence-corrected chi connectivity index (χ0v) is 15.3. The predicted octanol–water partition coefficient (Wildman–Crippen LogP) is 3.45. The van der Waals surface area contributed by atoms with Crippen LogP contribution in [0.25, 0.3) is 16.2 Å². The molecule has 0 spiro atoms. The van der Waals surface area contributed by atoms with Crippen LogP contribution in [0.15, 0.2) is 36.7 Å². The van der Waals surface area contributed by atoms with Crippen molar-refractivity contribution in [3.63, 3.8) is 0 Å².